The maximum Gasteiger partial charge on any atom is 0.283 e. The van der Waals surface area contributed by atoms with Gasteiger partial charge in [-0.2, -0.15) is 10.4 Å². The fraction of sp³-hybridized carbons (Fsp3) is 0.600. The van der Waals surface area contributed by atoms with Gasteiger partial charge in [-0.15, -0.1) is 0 Å². The lowest BCUT2D eigenvalue weighted by Gasteiger charge is -2.11. The molecule has 1 heterocycles. The predicted octanol–water partition coefficient (Wildman–Crippen LogP) is 3.32. The number of nitrogens with zero attached hydrogens (tertiary/aromatic N) is 3. The summed E-state index contributed by atoms with van der Waals surface area (Å²) < 4.78 is 26.6. The zero-order valence-corrected chi connectivity index (χ0v) is 9.38. The second kappa shape index (κ2) is 4.02. The lowest BCUT2D eigenvalue weighted by atomic mass is 10.2. The van der Waals surface area contributed by atoms with E-state index in [0.717, 1.165) is 12.8 Å². The molecule has 86 valence electrons. The molecule has 1 unspecified atom stereocenters. The third kappa shape index (κ3) is 1.78. The number of alkyl halides is 2. The fourth-order valence-corrected chi connectivity index (χ4v) is 2.07. The smallest absolute Gasteiger partial charge is 0.249 e. The Morgan fingerprint density at radius 1 is 1.56 bits per heavy atom. The minimum atomic E-state index is -2.76. The molecular formula is C10H10ClF2N3. The lowest BCUT2D eigenvalue weighted by Crippen LogP contribution is -2.09. The average Bonchev–Trinajstić information content (AvgIpc) is 3.01. The summed E-state index contributed by atoms with van der Waals surface area (Å²) in [5.74, 6) is 0.439. The van der Waals surface area contributed by atoms with E-state index >= 15 is 0 Å². The molecule has 1 aromatic rings. The van der Waals surface area contributed by atoms with Crippen LogP contribution >= 0.6 is 11.6 Å². The number of aromatic nitrogens is 2. The Hall–Kier alpha value is -1.15. The number of hydrogen-bond acceptors (Lipinski definition) is 2. The summed E-state index contributed by atoms with van der Waals surface area (Å²) in [4.78, 5) is 0. The molecule has 0 spiro atoms. The molecule has 0 radical (unpaired) electrons. The van der Waals surface area contributed by atoms with Crippen molar-refractivity contribution < 1.29 is 8.78 Å². The largest absolute Gasteiger partial charge is 0.283 e. The van der Waals surface area contributed by atoms with Crippen molar-refractivity contribution in [2.45, 2.75) is 32.2 Å². The van der Waals surface area contributed by atoms with Gasteiger partial charge in [0.15, 0.2) is 0 Å². The van der Waals surface area contributed by atoms with Gasteiger partial charge in [0.2, 0.25) is 0 Å². The number of halogens is 3. The van der Waals surface area contributed by atoms with E-state index in [1.807, 2.05) is 6.92 Å². The summed E-state index contributed by atoms with van der Waals surface area (Å²) in [5, 5.41) is 12.6. The highest BCUT2D eigenvalue weighted by Crippen LogP contribution is 2.41. The zero-order chi connectivity index (χ0) is 11.9. The van der Waals surface area contributed by atoms with E-state index in [1.54, 1.807) is 6.07 Å². The molecule has 6 heteroatoms. The van der Waals surface area contributed by atoms with E-state index in [1.165, 1.54) is 4.68 Å². The maximum absolute atomic E-state index is 12.6. The van der Waals surface area contributed by atoms with Gasteiger partial charge in [0, 0.05) is 0 Å². The third-order valence-electron chi connectivity index (χ3n) is 2.89. The van der Waals surface area contributed by atoms with Crippen molar-refractivity contribution in [1.82, 2.24) is 9.78 Å². The topological polar surface area (TPSA) is 41.6 Å². The van der Waals surface area contributed by atoms with E-state index in [2.05, 4.69) is 5.10 Å². The molecule has 0 saturated heterocycles. The van der Waals surface area contributed by atoms with Crippen LogP contribution in [0, 0.1) is 17.2 Å². The molecule has 1 aromatic heterocycles. The first-order valence-corrected chi connectivity index (χ1v) is 5.40. The van der Waals surface area contributed by atoms with Crippen LogP contribution in [-0.4, -0.2) is 9.78 Å². The SMILES string of the molecule is CC(C1CC1)n1nc(C(F)F)c(C#N)c1Cl. The highest BCUT2D eigenvalue weighted by atomic mass is 35.5. The van der Waals surface area contributed by atoms with Gasteiger partial charge in [0.1, 0.15) is 22.5 Å². The second-order valence-electron chi connectivity index (χ2n) is 3.99. The third-order valence-corrected chi connectivity index (χ3v) is 3.25. The van der Waals surface area contributed by atoms with E-state index in [4.69, 9.17) is 16.9 Å². The Bertz CT molecular complexity index is 446. The Labute approximate surface area is 96.6 Å². The van der Waals surface area contributed by atoms with Crippen molar-refractivity contribution in [3.05, 3.63) is 16.4 Å². The number of rotatable bonds is 3. The van der Waals surface area contributed by atoms with Crippen LogP contribution < -0.4 is 0 Å². The van der Waals surface area contributed by atoms with Crippen LogP contribution in [-0.2, 0) is 0 Å². The molecule has 3 nitrogen and oxygen atoms in total. The van der Waals surface area contributed by atoms with Crippen LogP contribution in [0.3, 0.4) is 0 Å². The molecule has 2 rings (SSSR count). The summed E-state index contributed by atoms with van der Waals surface area (Å²) in [5.41, 5.74) is -0.718. The van der Waals surface area contributed by atoms with Gasteiger partial charge < -0.3 is 0 Å². The average molecular weight is 246 g/mol. The molecule has 16 heavy (non-hydrogen) atoms. The normalized spacial score (nSPS) is 17.5. The fourth-order valence-electron chi connectivity index (χ4n) is 1.73. The van der Waals surface area contributed by atoms with Crippen molar-refractivity contribution in [3.8, 4) is 6.07 Å². The monoisotopic (exact) mass is 245 g/mol. The molecule has 1 atom stereocenters. The van der Waals surface area contributed by atoms with Crippen LogP contribution in [0.2, 0.25) is 5.15 Å². The summed E-state index contributed by atoms with van der Waals surface area (Å²) in [6.45, 7) is 1.88. The van der Waals surface area contributed by atoms with Crippen molar-refractivity contribution >= 4 is 11.6 Å². The summed E-state index contributed by atoms with van der Waals surface area (Å²) in [7, 11) is 0. The summed E-state index contributed by atoms with van der Waals surface area (Å²) in [6.07, 6.45) is -0.647. The van der Waals surface area contributed by atoms with Gasteiger partial charge in [0.25, 0.3) is 6.43 Å². The maximum atomic E-state index is 12.6. The first-order chi connectivity index (χ1) is 7.56. The van der Waals surface area contributed by atoms with Gasteiger partial charge in [-0.05, 0) is 25.7 Å². The second-order valence-corrected chi connectivity index (χ2v) is 4.34. The van der Waals surface area contributed by atoms with Crippen LogP contribution in [0.4, 0.5) is 8.78 Å². The summed E-state index contributed by atoms with van der Waals surface area (Å²) in [6, 6.07) is 1.66. The zero-order valence-electron chi connectivity index (χ0n) is 8.62. The van der Waals surface area contributed by atoms with Crippen LogP contribution in [0.5, 0.6) is 0 Å². The molecule has 0 aliphatic heterocycles. The van der Waals surface area contributed by atoms with Gasteiger partial charge in [-0.25, -0.2) is 13.5 Å². The van der Waals surface area contributed by atoms with Gasteiger partial charge in [-0.1, -0.05) is 11.6 Å². The molecule has 0 bridgehead atoms. The number of nitriles is 1. The Balaban J connectivity index is 2.43. The van der Waals surface area contributed by atoms with Crippen LogP contribution in [0.25, 0.3) is 0 Å². The molecule has 0 N–H and O–H groups in total. The van der Waals surface area contributed by atoms with Gasteiger partial charge >= 0.3 is 0 Å². The van der Waals surface area contributed by atoms with E-state index in [9.17, 15) is 8.78 Å². The highest BCUT2D eigenvalue weighted by molar-refractivity contribution is 6.30. The van der Waals surface area contributed by atoms with Crippen molar-refractivity contribution in [1.29, 1.82) is 5.26 Å². The van der Waals surface area contributed by atoms with Crippen LogP contribution in [0.15, 0.2) is 0 Å². The van der Waals surface area contributed by atoms with E-state index in [-0.39, 0.29) is 16.8 Å². The molecule has 1 fully saturated rings. The minimum absolute atomic E-state index is 0.0212. The predicted molar refractivity (Wildman–Crippen MR) is 54.3 cm³/mol. The Morgan fingerprint density at radius 3 is 2.56 bits per heavy atom. The quantitative estimate of drug-likeness (QED) is 0.820. The summed E-state index contributed by atoms with van der Waals surface area (Å²) >= 11 is 5.89. The van der Waals surface area contributed by atoms with Crippen molar-refractivity contribution in [2.24, 2.45) is 5.92 Å². The Morgan fingerprint density at radius 2 is 2.19 bits per heavy atom. The Kier molecular flexibility index (Phi) is 2.85. The molecular weight excluding hydrogens is 236 g/mol. The first-order valence-electron chi connectivity index (χ1n) is 5.02. The minimum Gasteiger partial charge on any atom is -0.249 e. The molecule has 0 amide bonds. The van der Waals surface area contributed by atoms with E-state index in [0.29, 0.717) is 5.92 Å². The van der Waals surface area contributed by atoms with Gasteiger partial charge in [-0.3, -0.25) is 0 Å². The highest BCUT2D eigenvalue weighted by Gasteiger charge is 2.33. The first kappa shape index (κ1) is 11.3. The molecule has 1 aliphatic carbocycles. The van der Waals surface area contributed by atoms with Crippen molar-refractivity contribution in [3.63, 3.8) is 0 Å². The molecule has 1 saturated carbocycles. The standard InChI is InChI=1S/C10H10ClF2N3/c1-5(6-2-3-6)16-9(11)7(4-14)8(15-16)10(12)13/h5-6,10H,2-3H2,1H3. The van der Waals surface area contributed by atoms with Crippen LogP contribution in [0.1, 0.15) is 43.5 Å². The molecule has 0 aromatic carbocycles. The molecule has 1 aliphatic rings. The van der Waals surface area contributed by atoms with Crippen molar-refractivity contribution in [2.75, 3.05) is 0 Å². The van der Waals surface area contributed by atoms with E-state index < -0.39 is 12.1 Å². The number of hydrogen-bond donors (Lipinski definition) is 0. The lowest BCUT2D eigenvalue weighted by molar-refractivity contribution is 0.144. The van der Waals surface area contributed by atoms with Gasteiger partial charge in [0.05, 0.1) is 6.04 Å².